The summed E-state index contributed by atoms with van der Waals surface area (Å²) in [5.74, 6) is 0.0844. The molecule has 1 fully saturated rings. The molecule has 1 aliphatic rings. The first-order valence-corrected chi connectivity index (χ1v) is 7.34. The van der Waals surface area contributed by atoms with E-state index in [1.807, 2.05) is 18.0 Å². The number of nitrogens with one attached hydrogen (secondary N) is 1. The number of aryl methyl sites for hydroxylation is 1. The number of hydrogen-bond acceptors (Lipinski definition) is 4. The Hall–Kier alpha value is -1.69. The van der Waals surface area contributed by atoms with Crippen LogP contribution in [0.15, 0.2) is 17.9 Å². The number of hydrogen-bond donors (Lipinski definition) is 1. The van der Waals surface area contributed by atoms with Crippen LogP contribution in [0.3, 0.4) is 0 Å². The minimum atomic E-state index is 0.0844. The maximum atomic E-state index is 12.5. The highest BCUT2D eigenvalue weighted by atomic mass is 32.1. The molecule has 6 heteroatoms. The molecule has 0 saturated carbocycles. The Morgan fingerprint density at radius 1 is 1.47 bits per heavy atom. The third kappa shape index (κ3) is 2.28. The molecule has 1 aliphatic heterocycles. The normalized spacial score (nSPS) is 19.6. The average molecular weight is 276 g/mol. The van der Waals surface area contributed by atoms with Gasteiger partial charge in [-0.2, -0.15) is 5.10 Å². The van der Waals surface area contributed by atoms with E-state index in [1.54, 1.807) is 11.7 Å². The highest BCUT2D eigenvalue weighted by molar-refractivity contribution is 7.11. The molecule has 3 rings (SSSR count). The lowest BCUT2D eigenvalue weighted by Gasteiger charge is -2.35. The van der Waals surface area contributed by atoms with Crippen molar-refractivity contribution in [1.29, 1.82) is 0 Å². The van der Waals surface area contributed by atoms with Crippen LogP contribution in [-0.4, -0.2) is 32.5 Å². The van der Waals surface area contributed by atoms with E-state index in [9.17, 15) is 4.79 Å². The monoisotopic (exact) mass is 276 g/mol. The topological polar surface area (TPSA) is 61.9 Å². The molecule has 1 saturated heterocycles. The van der Waals surface area contributed by atoms with Crippen LogP contribution in [0.5, 0.6) is 0 Å². The van der Waals surface area contributed by atoms with Gasteiger partial charge < -0.3 is 4.90 Å². The fourth-order valence-electron chi connectivity index (χ4n) is 2.63. The van der Waals surface area contributed by atoms with Crippen LogP contribution in [0.25, 0.3) is 0 Å². The molecule has 2 aromatic heterocycles. The highest BCUT2D eigenvalue weighted by Crippen LogP contribution is 2.32. The van der Waals surface area contributed by atoms with Crippen LogP contribution in [0.4, 0.5) is 0 Å². The summed E-state index contributed by atoms with van der Waals surface area (Å²) in [6.07, 6.45) is 6.68. The lowest BCUT2D eigenvalue weighted by molar-refractivity contribution is 0.0610. The van der Waals surface area contributed by atoms with Gasteiger partial charge in [-0.25, -0.2) is 0 Å². The van der Waals surface area contributed by atoms with E-state index in [1.165, 1.54) is 11.3 Å². The zero-order valence-corrected chi connectivity index (χ0v) is 11.6. The zero-order chi connectivity index (χ0) is 13.2. The Morgan fingerprint density at radius 3 is 3.05 bits per heavy atom. The Labute approximate surface area is 115 Å². The maximum absolute atomic E-state index is 12.5. The number of aromatic nitrogens is 3. The van der Waals surface area contributed by atoms with E-state index in [0.717, 1.165) is 37.1 Å². The number of piperidine rings is 1. The smallest absolute Gasteiger partial charge is 0.266 e. The Balaban J connectivity index is 1.90. The molecule has 0 spiro atoms. The maximum Gasteiger partial charge on any atom is 0.266 e. The average Bonchev–Trinajstić information content (AvgIpc) is 3.09. The van der Waals surface area contributed by atoms with E-state index in [4.69, 9.17) is 0 Å². The van der Waals surface area contributed by atoms with Gasteiger partial charge in [-0.1, -0.05) is 0 Å². The molecule has 19 heavy (non-hydrogen) atoms. The molecule has 1 amide bonds. The summed E-state index contributed by atoms with van der Waals surface area (Å²) in [7, 11) is 0. The molecule has 2 aromatic rings. The van der Waals surface area contributed by atoms with Gasteiger partial charge in [0.15, 0.2) is 0 Å². The van der Waals surface area contributed by atoms with Crippen LogP contribution < -0.4 is 0 Å². The van der Waals surface area contributed by atoms with Crippen LogP contribution in [-0.2, 0) is 0 Å². The van der Waals surface area contributed by atoms with Gasteiger partial charge in [-0.15, -0.1) is 11.3 Å². The number of rotatable bonds is 2. The SMILES string of the molecule is Cc1cn[nH]c1C1CCCCN1C(=O)c1cncs1. The predicted molar refractivity (Wildman–Crippen MR) is 73.1 cm³/mol. The van der Waals surface area contributed by atoms with Crippen LogP contribution in [0.2, 0.25) is 0 Å². The largest absolute Gasteiger partial charge is 0.329 e. The van der Waals surface area contributed by atoms with E-state index >= 15 is 0 Å². The highest BCUT2D eigenvalue weighted by Gasteiger charge is 2.31. The number of likely N-dealkylation sites (tertiary alicyclic amines) is 1. The second-order valence-corrected chi connectivity index (χ2v) is 5.73. The first kappa shape index (κ1) is 12.3. The number of nitrogens with zero attached hydrogens (tertiary/aromatic N) is 3. The molecular weight excluding hydrogens is 260 g/mol. The van der Waals surface area contributed by atoms with Crippen molar-refractivity contribution in [2.45, 2.75) is 32.2 Å². The molecule has 100 valence electrons. The first-order chi connectivity index (χ1) is 9.27. The minimum Gasteiger partial charge on any atom is -0.329 e. The minimum absolute atomic E-state index is 0.0844. The third-order valence-corrected chi connectivity index (χ3v) is 4.37. The summed E-state index contributed by atoms with van der Waals surface area (Å²) in [5.41, 5.74) is 3.89. The van der Waals surface area contributed by atoms with Crippen molar-refractivity contribution in [3.63, 3.8) is 0 Å². The summed E-state index contributed by atoms with van der Waals surface area (Å²) >= 11 is 1.40. The molecule has 1 unspecified atom stereocenters. The van der Waals surface area contributed by atoms with Crippen molar-refractivity contribution in [2.24, 2.45) is 0 Å². The standard InChI is InChI=1S/C13H16N4OS/c1-9-6-15-16-12(9)10-4-2-3-5-17(10)13(18)11-7-14-8-19-11/h6-8,10H,2-5H2,1H3,(H,15,16). The van der Waals surface area contributed by atoms with E-state index in [-0.39, 0.29) is 11.9 Å². The van der Waals surface area contributed by atoms with Crippen molar-refractivity contribution in [3.05, 3.63) is 34.0 Å². The Kier molecular flexibility index (Phi) is 3.33. The second-order valence-electron chi connectivity index (χ2n) is 4.84. The fraction of sp³-hybridized carbons (Fsp3) is 0.462. The van der Waals surface area contributed by atoms with Gasteiger partial charge in [-0.3, -0.25) is 14.9 Å². The van der Waals surface area contributed by atoms with E-state index in [0.29, 0.717) is 4.88 Å². The lowest BCUT2D eigenvalue weighted by atomic mass is 9.97. The van der Waals surface area contributed by atoms with Gasteiger partial charge in [0.2, 0.25) is 0 Å². The van der Waals surface area contributed by atoms with Gasteiger partial charge >= 0.3 is 0 Å². The van der Waals surface area contributed by atoms with Gasteiger partial charge in [0.1, 0.15) is 4.88 Å². The number of aromatic amines is 1. The van der Waals surface area contributed by atoms with Crippen LogP contribution in [0.1, 0.15) is 46.2 Å². The number of carbonyl (C=O) groups is 1. The molecule has 1 atom stereocenters. The number of thiazole rings is 1. The molecule has 0 radical (unpaired) electrons. The van der Waals surface area contributed by atoms with Crippen molar-refractivity contribution in [2.75, 3.05) is 6.54 Å². The van der Waals surface area contributed by atoms with Gasteiger partial charge in [0.25, 0.3) is 5.91 Å². The molecule has 1 N–H and O–H groups in total. The van der Waals surface area contributed by atoms with Gasteiger partial charge in [-0.05, 0) is 31.7 Å². The van der Waals surface area contributed by atoms with Crippen LogP contribution >= 0.6 is 11.3 Å². The predicted octanol–water partition coefficient (Wildman–Crippen LogP) is 2.54. The molecule has 5 nitrogen and oxygen atoms in total. The molecule has 0 aliphatic carbocycles. The van der Waals surface area contributed by atoms with Gasteiger partial charge in [0, 0.05) is 6.54 Å². The van der Waals surface area contributed by atoms with E-state index < -0.39 is 0 Å². The van der Waals surface area contributed by atoms with Crippen molar-refractivity contribution >= 4 is 17.2 Å². The number of carbonyl (C=O) groups excluding carboxylic acids is 1. The van der Waals surface area contributed by atoms with Crippen molar-refractivity contribution in [3.8, 4) is 0 Å². The summed E-state index contributed by atoms with van der Waals surface area (Å²) in [5, 5.41) is 7.13. The Morgan fingerprint density at radius 2 is 2.37 bits per heavy atom. The van der Waals surface area contributed by atoms with Crippen LogP contribution in [0, 0.1) is 6.92 Å². The summed E-state index contributed by atoms with van der Waals surface area (Å²) < 4.78 is 0. The summed E-state index contributed by atoms with van der Waals surface area (Å²) in [4.78, 5) is 19.2. The van der Waals surface area contributed by atoms with Crippen molar-refractivity contribution in [1.82, 2.24) is 20.1 Å². The van der Waals surface area contributed by atoms with Gasteiger partial charge in [0.05, 0.1) is 29.6 Å². The fourth-order valence-corrected chi connectivity index (χ4v) is 3.21. The number of H-pyrrole nitrogens is 1. The zero-order valence-electron chi connectivity index (χ0n) is 10.8. The molecular formula is C13H16N4OS. The quantitative estimate of drug-likeness (QED) is 0.917. The molecule has 3 heterocycles. The molecule has 0 aromatic carbocycles. The summed E-state index contributed by atoms with van der Waals surface area (Å²) in [6.45, 7) is 2.84. The lowest BCUT2D eigenvalue weighted by Crippen LogP contribution is -2.38. The number of amides is 1. The van der Waals surface area contributed by atoms with Crippen molar-refractivity contribution < 1.29 is 4.79 Å². The Bertz CT molecular complexity index is 563. The summed E-state index contributed by atoms with van der Waals surface area (Å²) in [6, 6.07) is 0.117. The van der Waals surface area contributed by atoms with E-state index in [2.05, 4.69) is 15.2 Å². The third-order valence-electron chi connectivity index (χ3n) is 3.61. The second kappa shape index (κ2) is 5.13. The molecule has 0 bridgehead atoms. The first-order valence-electron chi connectivity index (χ1n) is 6.46.